The van der Waals surface area contributed by atoms with E-state index in [0.29, 0.717) is 16.5 Å². The minimum absolute atomic E-state index is 0.0106. The second-order valence-corrected chi connectivity index (χ2v) is 6.00. The molecule has 2 heterocycles. The largest absolute Gasteiger partial charge is 0.506 e. The fourth-order valence-corrected chi connectivity index (χ4v) is 3.07. The Morgan fingerprint density at radius 2 is 1.89 bits per heavy atom. The molecule has 0 atom stereocenters. The summed E-state index contributed by atoms with van der Waals surface area (Å²) >= 11 is 0. The Balaban J connectivity index is 2.18. The van der Waals surface area contributed by atoms with Crippen LogP contribution in [0.1, 0.15) is 10.4 Å². The molecule has 0 amide bonds. The van der Waals surface area contributed by atoms with E-state index in [4.69, 9.17) is 4.74 Å². The zero-order chi connectivity index (χ0) is 19.7. The van der Waals surface area contributed by atoms with Gasteiger partial charge in [-0.25, -0.2) is 9.78 Å². The number of ether oxygens (including phenoxy) is 1. The molecule has 0 saturated heterocycles. The average Bonchev–Trinajstić information content (AvgIpc) is 2.74. The predicted octanol–water partition coefficient (Wildman–Crippen LogP) is 2.94. The van der Waals surface area contributed by atoms with Crippen LogP contribution in [-0.4, -0.2) is 32.7 Å². The van der Waals surface area contributed by atoms with Crippen LogP contribution in [0.15, 0.2) is 71.8 Å². The van der Waals surface area contributed by atoms with Crippen LogP contribution in [0, 0.1) is 0 Å². The number of nitrogens with zero attached hydrogens (tertiary/aromatic N) is 3. The number of hydrogen-bond acceptors (Lipinski definition) is 6. The van der Waals surface area contributed by atoms with Gasteiger partial charge in [-0.2, -0.15) is 0 Å². The fraction of sp³-hybridized carbons (Fsp3) is 0.0476. The van der Waals surface area contributed by atoms with Crippen molar-refractivity contribution < 1.29 is 14.6 Å². The summed E-state index contributed by atoms with van der Waals surface area (Å²) in [5, 5.41) is 10.9. The van der Waals surface area contributed by atoms with Crippen LogP contribution >= 0.6 is 0 Å². The third-order valence-corrected chi connectivity index (χ3v) is 4.34. The van der Waals surface area contributed by atoms with Crippen LogP contribution in [0.5, 0.6) is 5.75 Å². The highest BCUT2D eigenvalue weighted by atomic mass is 16.5. The molecule has 0 saturated carbocycles. The molecule has 0 fully saturated rings. The Morgan fingerprint density at radius 3 is 2.64 bits per heavy atom. The van der Waals surface area contributed by atoms with E-state index in [1.165, 1.54) is 29.9 Å². The Morgan fingerprint density at radius 1 is 1.07 bits per heavy atom. The highest BCUT2D eigenvalue weighted by Crippen LogP contribution is 2.30. The maximum Gasteiger partial charge on any atom is 0.340 e. The molecule has 0 spiro atoms. The summed E-state index contributed by atoms with van der Waals surface area (Å²) in [6.45, 7) is 0. The fourth-order valence-electron chi connectivity index (χ4n) is 3.07. The Bertz CT molecular complexity index is 1250. The minimum Gasteiger partial charge on any atom is -0.506 e. The van der Waals surface area contributed by atoms with E-state index >= 15 is 0 Å². The van der Waals surface area contributed by atoms with Gasteiger partial charge in [0, 0.05) is 18.0 Å². The first-order valence-electron chi connectivity index (χ1n) is 8.44. The number of phenolic OH excluding ortho intramolecular Hbond substituents is 1. The number of rotatable bonds is 3. The van der Waals surface area contributed by atoms with Crippen molar-refractivity contribution in [3.8, 4) is 22.8 Å². The summed E-state index contributed by atoms with van der Waals surface area (Å²) in [5.74, 6) is -0.668. The third-order valence-electron chi connectivity index (χ3n) is 4.34. The lowest BCUT2D eigenvalue weighted by atomic mass is 10.1. The molecule has 2 aromatic heterocycles. The topological polar surface area (TPSA) is 94.3 Å². The smallest absolute Gasteiger partial charge is 0.340 e. The molecule has 0 bridgehead atoms. The van der Waals surface area contributed by atoms with Gasteiger partial charge in [0.2, 0.25) is 0 Å². The number of esters is 1. The van der Waals surface area contributed by atoms with Gasteiger partial charge in [0.1, 0.15) is 17.3 Å². The Kier molecular flexibility index (Phi) is 4.33. The summed E-state index contributed by atoms with van der Waals surface area (Å²) in [7, 11) is 1.24. The summed E-state index contributed by atoms with van der Waals surface area (Å²) < 4.78 is 6.05. The van der Waals surface area contributed by atoms with Crippen molar-refractivity contribution in [3.63, 3.8) is 0 Å². The van der Waals surface area contributed by atoms with Crippen LogP contribution in [-0.2, 0) is 4.74 Å². The van der Waals surface area contributed by atoms with E-state index in [0.717, 1.165) is 0 Å². The number of methoxy groups -OCH3 is 1. The van der Waals surface area contributed by atoms with Crippen LogP contribution in [0.3, 0.4) is 0 Å². The van der Waals surface area contributed by atoms with Crippen LogP contribution in [0.2, 0.25) is 0 Å². The highest BCUT2D eigenvalue weighted by Gasteiger charge is 2.23. The third kappa shape index (κ3) is 2.79. The van der Waals surface area contributed by atoms with Crippen LogP contribution in [0.25, 0.3) is 28.0 Å². The molecule has 0 aliphatic carbocycles. The lowest BCUT2D eigenvalue weighted by Gasteiger charge is -2.17. The molecule has 1 N–H and O–H groups in total. The number of para-hydroxylation sites is 2. The van der Waals surface area contributed by atoms with E-state index in [1.54, 1.807) is 48.8 Å². The van der Waals surface area contributed by atoms with Crippen molar-refractivity contribution in [2.24, 2.45) is 0 Å². The molecular formula is C21H15N3O4. The molecule has 2 aromatic carbocycles. The molecule has 4 aromatic rings. The molecule has 7 nitrogen and oxygen atoms in total. The van der Waals surface area contributed by atoms with E-state index in [-0.39, 0.29) is 22.8 Å². The van der Waals surface area contributed by atoms with E-state index < -0.39 is 11.5 Å². The maximum absolute atomic E-state index is 13.4. The first-order chi connectivity index (χ1) is 13.6. The lowest BCUT2D eigenvalue weighted by molar-refractivity contribution is 0.0600. The van der Waals surface area contributed by atoms with Gasteiger partial charge in [-0.1, -0.05) is 18.2 Å². The van der Waals surface area contributed by atoms with Crippen molar-refractivity contribution in [2.75, 3.05) is 7.11 Å². The first kappa shape index (κ1) is 17.4. The van der Waals surface area contributed by atoms with Crippen LogP contribution in [0.4, 0.5) is 0 Å². The summed E-state index contributed by atoms with van der Waals surface area (Å²) in [6.07, 6.45) is 3.16. The maximum atomic E-state index is 13.4. The van der Waals surface area contributed by atoms with Gasteiger partial charge in [-0.15, -0.1) is 0 Å². The van der Waals surface area contributed by atoms with Gasteiger partial charge < -0.3 is 9.84 Å². The minimum atomic E-state index is -0.678. The number of pyridine rings is 1. The van der Waals surface area contributed by atoms with E-state index in [2.05, 4.69) is 9.97 Å². The summed E-state index contributed by atoms with van der Waals surface area (Å²) in [5.41, 5.74) is 0.696. The number of carbonyl (C=O) groups excluding carboxylic acids is 1. The predicted molar refractivity (Wildman–Crippen MR) is 104 cm³/mol. The second kappa shape index (κ2) is 6.96. The molecule has 7 heteroatoms. The van der Waals surface area contributed by atoms with Gasteiger partial charge >= 0.3 is 5.97 Å². The highest BCUT2D eigenvalue weighted by molar-refractivity contribution is 5.95. The van der Waals surface area contributed by atoms with Crippen LogP contribution < -0.4 is 5.56 Å². The number of phenols is 1. The molecule has 28 heavy (non-hydrogen) atoms. The lowest BCUT2D eigenvalue weighted by Crippen LogP contribution is -2.24. The number of carbonyl (C=O) groups is 1. The number of aromatic hydroxyl groups is 1. The normalized spacial score (nSPS) is 10.8. The van der Waals surface area contributed by atoms with Gasteiger partial charge in [-0.05, 0) is 36.4 Å². The van der Waals surface area contributed by atoms with E-state index in [9.17, 15) is 14.7 Å². The average molecular weight is 373 g/mol. The molecule has 4 rings (SSSR count). The van der Waals surface area contributed by atoms with Crippen molar-refractivity contribution in [1.29, 1.82) is 0 Å². The Labute approximate surface area is 159 Å². The standard InChI is InChI=1S/C21H15N3O4/c1-28-21(27)15-8-4-10-17(25)18(15)24-19(13-6-5-11-22-12-13)23-16-9-3-2-7-14(16)20(24)26/h2-12,25H,1H3. The zero-order valence-corrected chi connectivity index (χ0v) is 14.9. The number of aromatic nitrogens is 3. The molecule has 0 aliphatic rings. The SMILES string of the molecule is COC(=O)c1cccc(O)c1-n1c(-c2cccnc2)nc2ccccc2c1=O. The zero-order valence-electron chi connectivity index (χ0n) is 14.9. The van der Waals surface area contributed by atoms with Gasteiger partial charge in [-0.3, -0.25) is 14.3 Å². The van der Waals surface area contributed by atoms with Crippen molar-refractivity contribution in [2.45, 2.75) is 0 Å². The van der Waals surface area contributed by atoms with Crippen molar-refractivity contribution >= 4 is 16.9 Å². The number of hydrogen-bond donors (Lipinski definition) is 1. The Hall–Kier alpha value is -4.00. The quantitative estimate of drug-likeness (QED) is 0.555. The molecular weight excluding hydrogens is 358 g/mol. The number of benzene rings is 2. The van der Waals surface area contributed by atoms with Gasteiger partial charge in [0.25, 0.3) is 5.56 Å². The first-order valence-corrected chi connectivity index (χ1v) is 8.44. The summed E-state index contributed by atoms with van der Waals surface area (Å²) in [6, 6.07) is 14.7. The second-order valence-electron chi connectivity index (χ2n) is 6.00. The van der Waals surface area contributed by atoms with E-state index in [1.807, 2.05) is 0 Å². The molecule has 138 valence electrons. The molecule has 0 radical (unpaired) electrons. The monoisotopic (exact) mass is 373 g/mol. The van der Waals surface area contributed by atoms with Crippen molar-refractivity contribution in [1.82, 2.24) is 14.5 Å². The molecule has 0 unspecified atom stereocenters. The van der Waals surface area contributed by atoms with Gasteiger partial charge in [0.05, 0.1) is 23.6 Å². The summed E-state index contributed by atoms with van der Waals surface area (Å²) in [4.78, 5) is 34.4. The van der Waals surface area contributed by atoms with Crippen molar-refractivity contribution in [3.05, 3.63) is 82.9 Å². The number of fused-ring (bicyclic) bond motifs is 1. The van der Waals surface area contributed by atoms with Gasteiger partial charge in [0.15, 0.2) is 0 Å². The molecule has 0 aliphatic heterocycles.